The number of nitrogens with zero attached hydrogens (tertiary/aromatic N) is 2. The smallest absolute Gasteiger partial charge is 0.254 e. The van der Waals surface area contributed by atoms with E-state index in [1.165, 1.54) is 0 Å². The van der Waals surface area contributed by atoms with Gasteiger partial charge in [-0.25, -0.2) is 4.98 Å². The van der Waals surface area contributed by atoms with Crippen molar-refractivity contribution < 1.29 is 9.59 Å². The van der Waals surface area contributed by atoms with Crippen molar-refractivity contribution in [3.63, 3.8) is 0 Å². The number of benzene rings is 2. The van der Waals surface area contributed by atoms with Crippen LogP contribution in [0.4, 0.5) is 0 Å². The number of rotatable bonds is 4. The average molecular weight is 387 g/mol. The molecular formula is C24H25N3O2. The van der Waals surface area contributed by atoms with Gasteiger partial charge in [-0.05, 0) is 25.0 Å². The quantitative estimate of drug-likeness (QED) is 0.735. The van der Waals surface area contributed by atoms with Crippen LogP contribution in [0.5, 0.6) is 0 Å². The van der Waals surface area contributed by atoms with Gasteiger partial charge in [-0.2, -0.15) is 0 Å². The molecule has 1 aliphatic heterocycles. The number of aromatic nitrogens is 1. The molecule has 148 valence electrons. The van der Waals surface area contributed by atoms with Gasteiger partial charge in [-0.3, -0.25) is 9.59 Å². The summed E-state index contributed by atoms with van der Waals surface area (Å²) in [5, 5.41) is 3.89. The average Bonchev–Trinajstić information content (AvgIpc) is 2.78. The summed E-state index contributed by atoms with van der Waals surface area (Å²) in [4.78, 5) is 31.9. The van der Waals surface area contributed by atoms with Crippen molar-refractivity contribution in [3.8, 4) is 11.3 Å². The lowest BCUT2D eigenvalue weighted by molar-refractivity contribution is -0.121. The number of amides is 2. The summed E-state index contributed by atoms with van der Waals surface area (Å²) < 4.78 is 0. The number of fused-ring (bicyclic) bond motifs is 1. The van der Waals surface area contributed by atoms with Crippen LogP contribution in [-0.4, -0.2) is 40.8 Å². The summed E-state index contributed by atoms with van der Waals surface area (Å²) in [5.41, 5.74) is 3.25. The van der Waals surface area contributed by atoms with Crippen LogP contribution in [0, 0.1) is 0 Å². The van der Waals surface area contributed by atoms with Crippen LogP contribution in [0.2, 0.25) is 0 Å². The molecule has 5 heteroatoms. The molecule has 5 nitrogen and oxygen atoms in total. The minimum atomic E-state index is -0.00349. The molecule has 0 radical (unpaired) electrons. The molecule has 2 aromatic carbocycles. The molecule has 1 aromatic heterocycles. The molecule has 1 aliphatic rings. The molecule has 2 heterocycles. The third kappa shape index (κ3) is 4.14. The van der Waals surface area contributed by atoms with Crippen molar-refractivity contribution in [2.75, 3.05) is 13.1 Å². The van der Waals surface area contributed by atoms with E-state index in [0.717, 1.165) is 35.0 Å². The Balaban J connectivity index is 1.69. The summed E-state index contributed by atoms with van der Waals surface area (Å²) >= 11 is 0. The lowest BCUT2D eigenvalue weighted by atomic mass is 10.0. The van der Waals surface area contributed by atoms with Crippen LogP contribution < -0.4 is 5.32 Å². The number of para-hydroxylation sites is 1. The van der Waals surface area contributed by atoms with Gasteiger partial charge >= 0.3 is 0 Å². The number of carbonyl (C=O) groups excluding carboxylic acids is 2. The molecule has 1 N–H and O–H groups in total. The zero-order valence-corrected chi connectivity index (χ0v) is 16.6. The third-order valence-electron chi connectivity index (χ3n) is 5.41. The Kier molecular flexibility index (Phi) is 5.56. The highest BCUT2D eigenvalue weighted by molar-refractivity contribution is 6.07. The van der Waals surface area contributed by atoms with Gasteiger partial charge in [0.25, 0.3) is 5.91 Å². The van der Waals surface area contributed by atoms with E-state index in [2.05, 4.69) is 5.32 Å². The lowest BCUT2D eigenvalue weighted by Gasteiger charge is -2.33. The van der Waals surface area contributed by atoms with E-state index in [4.69, 9.17) is 4.98 Å². The molecule has 0 bridgehead atoms. The Labute approximate surface area is 170 Å². The van der Waals surface area contributed by atoms with Gasteiger partial charge in [-0.1, -0.05) is 55.5 Å². The van der Waals surface area contributed by atoms with E-state index in [-0.39, 0.29) is 17.9 Å². The Morgan fingerprint density at radius 3 is 2.66 bits per heavy atom. The molecule has 0 aliphatic carbocycles. The van der Waals surface area contributed by atoms with Crippen molar-refractivity contribution in [2.45, 2.75) is 32.2 Å². The maximum absolute atomic E-state index is 13.5. The largest absolute Gasteiger partial charge is 0.352 e. The molecule has 29 heavy (non-hydrogen) atoms. The summed E-state index contributed by atoms with van der Waals surface area (Å²) in [6.45, 7) is 3.09. The van der Waals surface area contributed by atoms with Crippen LogP contribution in [0.3, 0.4) is 0 Å². The van der Waals surface area contributed by atoms with Gasteiger partial charge in [0.1, 0.15) is 0 Å². The van der Waals surface area contributed by atoms with Crippen LogP contribution in [-0.2, 0) is 4.79 Å². The summed E-state index contributed by atoms with van der Waals surface area (Å²) in [5.74, 6) is 0.0289. The number of likely N-dealkylation sites (tertiary alicyclic amines) is 1. The highest BCUT2D eigenvalue weighted by Crippen LogP contribution is 2.26. The molecule has 2 amide bonds. The summed E-state index contributed by atoms with van der Waals surface area (Å²) in [6.07, 6.45) is 2.25. The minimum Gasteiger partial charge on any atom is -0.352 e. The fourth-order valence-electron chi connectivity index (χ4n) is 3.89. The molecular weight excluding hydrogens is 362 g/mol. The predicted molar refractivity (Wildman–Crippen MR) is 115 cm³/mol. The number of carbonyl (C=O) groups is 2. The standard InChI is InChI=1S/C24H25N3O2/c1-2-23(28)25-18-11-8-14-27(16-18)24(29)20-15-22(17-9-4-3-5-10-17)26-21-13-7-6-12-19(20)21/h3-7,9-10,12-13,15,18H,2,8,11,14,16H2,1H3,(H,25,28). The third-order valence-corrected chi connectivity index (χ3v) is 5.41. The second-order valence-electron chi connectivity index (χ2n) is 7.45. The monoisotopic (exact) mass is 387 g/mol. The van der Waals surface area contributed by atoms with E-state index in [1.54, 1.807) is 0 Å². The van der Waals surface area contributed by atoms with E-state index in [0.29, 0.717) is 25.1 Å². The van der Waals surface area contributed by atoms with Crippen molar-refractivity contribution in [2.24, 2.45) is 0 Å². The zero-order chi connectivity index (χ0) is 20.2. The molecule has 0 spiro atoms. The highest BCUT2D eigenvalue weighted by atomic mass is 16.2. The number of piperidine rings is 1. The van der Waals surface area contributed by atoms with E-state index >= 15 is 0 Å². The molecule has 0 saturated carbocycles. The van der Waals surface area contributed by atoms with Gasteiger partial charge in [0.2, 0.25) is 5.91 Å². The van der Waals surface area contributed by atoms with E-state index < -0.39 is 0 Å². The van der Waals surface area contributed by atoms with Gasteiger partial charge in [-0.15, -0.1) is 0 Å². The van der Waals surface area contributed by atoms with Crippen molar-refractivity contribution in [1.82, 2.24) is 15.2 Å². The van der Waals surface area contributed by atoms with Gasteiger partial charge in [0.15, 0.2) is 0 Å². The van der Waals surface area contributed by atoms with Crippen LogP contribution in [0.15, 0.2) is 60.7 Å². The molecule has 1 fully saturated rings. The minimum absolute atomic E-state index is 0.00349. The van der Waals surface area contributed by atoms with Gasteiger partial charge in [0.05, 0.1) is 16.8 Å². The molecule has 1 saturated heterocycles. The van der Waals surface area contributed by atoms with Crippen molar-refractivity contribution in [1.29, 1.82) is 0 Å². The number of pyridine rings is 1. The first-order valence-electron chi connectivity index (χ1n) is 10.2. The first-order chi connectivity index (χ1) is 14.2. The second-order valence-corrected chi connectivity index (χ2v) is 7.45. The van der Waals surface area contributed by atoms with Crippen molar-refractivity contribution >= 4 is 22.7 Å². The Morgan fingerprint density at radius 1 is 1.10 bits per heavy atom. The fraction of sp³-hybridized carbons (Fsp3) is 0.292. The van der Waals surface area contributed by atoms with Crippen molar-refractivity contribution in [3.05, 3.63) is 66.2 Å². The Bertz CT molecular complexity index is 1030. The fourth-order valence-corrected chi connectivity index (χ4v) is 3.89. The normalized spacial score (nSPS) is 16.6. The Hall–Kier alpha value is -3.21. The van der Waals surface area contributed by atoms with Crippen LogP contribution in [0.25, 0.3) is 22.2 Å². The van der Waals surface area contributed by atoms with E-state index in [9.17, 15) is 9.59 Å². The van der Waals surface area contributed by atoms with Gasteiger partial charge in [0, 0.05) is 36.5 Å². The molecule has 1 atom stereocenters. The first kappa shape index (κ1) is 19.1. The van der Waals surface area contributed by atoms with Crippen LogP contribution in [0.1, 0.15) is 36.5 Å². The molecule has 4 rings (SSSR count). The number of hydrogen-bond donors (Lipinski definition) is 1. The second kappa shape index (κ2) is 8.43. The summed E-state index contributed by atoms with van der Waals surface area (Å²) in [7, 11) is 0. The maximum atomic E-state index is 13.5. The topological polar surface area (TPSA) is 62.3 Å². The van der Waals surface area contributed by atoms with Gasteiger partial charge < -0.3 is 10.2 Å². The number of nitrogens with one attached hydrogen (secondary N) is 1. The molecule has 1 unspecified atom stereocenters. The first-order valence-corrected chi connectivity index (χ1v) is 10.2. The molecule has 3 aromatic rings. The predicted octanol–water partition coefficient (Wildman–Crippen LogP) is 4.03. The number of hydrogen-bond acceptors (Lipinski definition) is 3. The Morgan fingerprint density at radius 2 is 1.86 bits per heavy atom. The van der Waals surface area contributed by atoms with Crippen LogP contribution >= 0.6 is 0 Å². The highest BCUT2D eigenvalue weighted by Gasteiger charge is 2.26. The SMILES string of the molecule is CCC(=O)NC1CCCN(C(=O)c2cc(-c3ccccc3)nc3ccccc23)C1. The van der Waals surface area contributed by atoms with E-state index in [1.807, 2.05) is 72.5 Å². The summed E-state index contributed by atoms with van der Waals surface area (Å²) in [6, 6.07) is 19.6. The maximum Gasteiger partial charge on any atom is 0.254 e. The zero-order valence-electron chi connectivity index (χ0n) is 16.6. The lowest BCUT2D eigenvalue weighted by Crippen LogP contribution is -2.49.